The number of halogens is 1. The highest BCUT2D eigenvalue weighted by molar-refractivity contribution is 14.0. The van der Waals surface area contributed by atoms with Crippen LogP contribution >= 0.6 is 35.3 Å². The lowest BCUT2D eigenvalue weighted by Gasteiger charge is -2.14. The van der Waals surface area contributed by atoms with Gasteiger partial charge in [-0.25, -0.2) is 0 Å². The van der Waals surface area contributed by atoms with Gasteiger partial charge in [-0.2, -0.15) is 0 Å². The minimum Gasteiger partial charge on any atom is -0.380 e. The average Bonchev–Trinajstić information content (AvgIpc) is 2.94. The summed E-state index contributed by atoms with van der Waals surface area (Å²) < 4.78 is 5.24. The van der Waals surface area contributed by atoms with E-state index in [0.29, 0.717) is 6.61 Å². The molecule has 0 aliphatic carbocycles. The van der Waals surface area contributed by atoms with Crippen LogP contribution in [0.2, 0.25) is 0 Å². The van der Waals surface area contributed by atoms with Gasteiger partial charge in [0.2, 0.25) is 0 Å². The number of nitrogens with zero attached hydrogens (tertiary/aromatic N) is 1. The van der Waals surface area contributed by atoms with Gasteiger partial charge in [0.25, 0.3) is 0 Å². The molecule has 0 saturated carbocycles. The topological polar surface area (TPSA) is 45.7 Å². The monoisotopic (exact) mass is 445 g/mol. The van der Waals surface area contributed by atoms with E-state index in [1.165, 1.54) is 21.6 Å². The van der Waals surface area contributed by atoms with Crippen molar-refractivity contribution in [3.05, 3.63) is 57.3 Å². The van der Waals surface area contributed by atoms with E-state index in [2.05, 4.69) is 46.1 Å². The first-order valence-electron chi connectivity index (χ1n) is 7.27. The standard InChI is InChI=1S/C17H23N3OS.HI/c1-13-8-9-22-16(13)11-20-17(18-2)19-10-14-6-4-5-7-15(14)12-21-3;/h4-9H,10-12H2,1-3H3,(H2,18,19,20);1H. The molecule has 6 heteroatoms. The third-order valence-corrected chi connectivity index (χ3v) is 4.50. The summed E-state index contributed by atoms with van der Waals surface area (Å²) in [6, 6.07) is 10.4. The molecule has 2 N–H and O–H groups in total. The van der Waals surface area contributed by atoms with Crippen LogP contribution in [0, 0.1) is 6.92 Å². The van der Waals surface area contributed by atoms with Crippen LogP contribution < -0.4 is 10.6 Å². The fourth-order valence-electron chi connectivity index (χ4n) is 2.18. The summed E-state index contributed by atoms with van der Waals surface area (Å²) in [7, 11) is 3.51. The van der Waals surface area contributed by atoms with E-state index in [4.69, 9.17) is 4.74 Å². The van der Waals surface area contributed by atoms with Crippen LogP contribution in [0.1, 0.15) is 21.6 Å². The number of hydrogen-bond donors (Lipinski definition) is 2. The lowest BCUT2D eigenvalue weighted by molar-refractivity contribution is 0.184. The number of hydrogen-bond acceptors (Lipinski definition) is 3. The minimum absolute atomic E-state index is 0. The lowest BCUT2D eigenvalue weighted by atomic mass is 10.1. The largest absolute Gasteiger partial charge is 0.380 e. The van der Waals surface area contributed by atoms with Crippen molar-refractivity contribution in [3.8, 4) is 0 Å². The number of thiophene rings is 1. The molecule has 0 bridgehead atoms. The number of aryl methyl sites for hydroxylation is 1. The van der Waals surface area contributed by atoms with Gasteiger partial charge in [-0.05, 0) is 35.1 Å². The summed E-state index contributed by atoms with van der Waals surface area (Å²) in [5.74, 6) is 0.806. The Morgan fingerprint density at radius 1 is 1.13 bits per heavy atom. The number of benzene rings is 1. The maximum atomic E-state index is 5.24. The maximum Gasteiger partial charge on any atom is 0.191 e. The highest BCUT2D eigenvalue weighted by Crippen LogP contribution is 2.14. The Morgan fingerprint density at radius 2 is 1.83 bits per heavy atom. The van der Waals surface area contributed by atoms with Crippen LogP contribution in [0.25, 0.3) is 0 Å². The van der Waals surface area contributed by atoms with Crippen molar-refractivity contribution < 1.29 is 4.74 Å². The predicted molar refractivity (Wildman–Crippen MR) is 109 cm³/mol. The van der Waals surface area contributed by atoms with E-state index in [1.54, 1.807) is 25.5 Å². The molecule has 1 aromatic carbocycles. The average molecular weight is 445 g/mol. The van der Waals surface area contributed by atoms with Crippen molar-refractivity contribution in [2.75, 3.05) is 14.2 Å². The third kappa shape index (κ3) is 6.12. The molecule has 2 aromatic rings. The fraction of sp³-hybridized carbons (Fsp3) is 0.353. The number of rotatable bonds is 6. The summed E-state index contributed by atoms with van der Waals surface area (Å²) >= 11 is 1.76. The molecule has 0 radical (unpaired) electrons. The van der Waals surface area contributed by atoms with Crippen molar-refractivity contribution in [3.63, 3.8) is 0 Å². The molecular weight excluding hydrogens is 421 g/mol. The summed E-state index contributed by atoms with van der Waals surface area (Å²) in [5, 5.41) is 8.82. The molecule has 0 spiro atoms. The van der Waals surface area contributed by atoms with E-state index in [0.717, 1.165) is 19.0 Å². The molecule has 4 nitrogen and oxygen atoms in total. The van der Waals surface area contributed by atoms with Gasteiger partial charge in [-0.3, -0.25) is 4.99 Å². The zero-order valence-corrected chi connectivity index (χ0v) is 16.9. The second-order valence-electron chi connectivity index (χ2n) is 5.01. The first kappa shape index (κ1) is 19.9. The quantitative estimate of drug-likeness (QED) is 0.405. The summed E-state index contributed by atoms with van der Waals surface area (Å²) in [5.41, 5.74) is 3.74. The second kappa shape index (κ2) is 10.6. The van der Waals surface area contributed by atoms with E-state index >= 15 is 0 Å². The first-order valence-corrected chi connectivity index (χ1v) is 8.15. The van der Waals surface area contributed by atoms with Crippen molar-refractivity contribution in [1.29, 1.82) is 0 Å². The SMILES string of the molecule is CN=C(NCc1ccccc1COC)NCc1sccc1C.I. The van der Waals surface area contributed by atoms with Gasteiger partial charge in [0.05, 0.1) is 13.2 Å². The number of nitrogens with one attached hydrogen (secondary N) is 2. The van der Waals surface area contributed by atoms with Crippen molar-refractivity contribution in [2.24, 2.45) is 4.99 Å². The molecule has 0 fully saturated rings. The molecule has 0 aliphatic rings. The highest BCUT2D eigenvalue weighted by atomic mass is 127. The van der Waals surface area contributed by atoms with Gasteiger partial charge in [-0.15, -0.1) is 35.3 Å². The highest BCUT2D eigenvalue weighted by Gasteiger charge is 2.04. The minimum atomic E-state index is 0. The maximum absolute atomic E-state index is 5.24. The van der Waals surface area contributed by atoms with Gasteiger partial charge in [0.15, 0.2) is 5.96 Å². The Labute approximate surface area is 159 Å². The van der Waals surface area contributed by atoms with Crippen molar-refractivity contribution in [2.45, 2.75) is 26.6 Å². The smallest absolute Gasteiger partial charge is 0.191 e. The van der Waals surface area contributed by atoms with Crippen LogP contribution in [0.5, 0.6) is 0 Å². The van der Waals surface area contributed by atoms with Gasteiger partial charge >= 0.3 is 0 Å². The van der Waals surface area contributed by atoms with E-state index < -0.39 is 0 Å². The molecule has 0 unspecified atom stereocenters. The Morgan fingerprint density at radius 3 is 2.43 bits per heavy atom. The second-order valence-corrected chi connectivity index (χ2v) is 6.01. The van der Waals surface area contributed by atoms with Gasteiger partial charge < -0.3 is 15.4 Å². The third-order valence-electron chi connectivity index (χ3n) is 3.47. The predicted octanol–water partition coefficient (Wildman–Crippen LogP) is 3.69. The molecule has 2 rings (SSSR count). The molecule has 0 amide bonds. The lowest BCUT2D eigenvalue weighted by Crippen LogP contribution is -2.36. The summed E-state index contributed by atoms with van der Waals surface area (Å²) in [4.78, 5) is 5.61. The van der Waals surface area contributed by atoms with Crippen LogP contribution in [0.4, 0.5) is 0 Å². The van der Waals surface area contributed by atoms with Crippen molar-refractivity contribution in [1.82, 2.24) is 10.6 Å². The number of guanidine groups is 1. The normalized spacial score (nSPS) is 11.0. The van der Waals surface area contributed by atoms with Crippen molar-refractivity contribution >= 4 is 41.3 Å². The molecule has 1 heterocycles. The van der Waals surface area contributed by atoms with Crippen LogP contribution in [-0.4, -0.2) is 20.1 Å². The molecular formula is C17H24IN3OS. The van der Waals surface area contributed by atoms with Crippen LogP contribution in [0.3, 0.4) is 0 Å². The van der Waals surface area contributed by atoms with E-state index in [-0.39, 0.29) is 24.0 Å². The fourth-order valence-corrected chi connectivity index (χ4v) is 3.02. The van der Waals surface area contributed by atoms with Gasteiger partial charge in [0.1, 0.15) is 0 Å². The zero-order chi connectivity index (χ0) is 15.8. The first-order chi connectivity index (χ1) is 10.7. The molecule has 0 aliphatic heterocycles. The molecule has 1 aromatic heterocycles. The molecule has 126 valence electrons. The van der Waals surface area contributed by atoms with Gasteiger partial charge in [-0.1, -0.05) is 24.3 Å². The number of aliphatic imine (C=N–C) groups is 1. The molecule has 23 heavy (non-hydrogen) atoms. The van der Waals surface area contributed by atoms with Crippen LogP contribution in [0.15, 0.2) is 40.7 Å². The summed E-state index contributed by atoms with van der Waals surface area (Å²) in [6.45, 7) is 4.27. The number of methoxy groups -OCH3 is 1. The molecule has 0 saturated heterocycles. The Balaban J connectivity index is 0.00000264. The Bertz CT molecular complexity index is 628. The Kier molecular flexibility index (Phi) is 9.20. The van der Waals surface area contributed by atoms with Gasteiger partial charge in [0, 0.05) is 25.6 Å². The van der Waals surface area contributed by atoms with E-state index in [1.807, 2.05) is 12.1 Å². The Hall–Kier alpha value is -1.12. The van der Waals surface area contributed by atoms with E-state index in [9.17, 15) is 0 Å². The zero-order valence-electron chi connectivity index (χ0n) is 13.8. The molecule has 0 atom stereocenters. The number of ether oxygens (including phenoxy) is 1. The van der Waals surface area contributed by atoms with Crippen LogP contribution in [-0.2, 0) is 24.4 Å². The summed E-state index contributed by atoms with van der Waals surface area (Å²) in [6.07, 6.45) is 0.